The number of ether oxygens (including phenoxy) is 2. The molecular weight excluding hydrogens is 1760 g/mol. The van der Waals surface area contributed by atoms with Gasteiger partial charge in [-0.05, 0) is 343 Å². The van der Waals surface area contributed by atoms with Crippen molar-refractivity contribution in [2.24, 2.45) is 67.0 Å². The Morgan fingerprint density at radius 3 is 0.801 bits per heavy atom. The summed E-state index contributed by atoms with van der Waals surface area (Å²) in [5.74, 6) is 4.69. The van der Waals surface area contributed by atoms with Crippen molar-refractivity contribution in [3.8, 4) is 0 Å². The zero-order valence-corrected chi connectivity index (χ0v) is 102. The van der Waals surface area contributed by atoms with E-state index in [-0.39, 0.29) is 103 Å². The maximum atomic E-state index is 12.1. The van der Waals surface area contributed by atoms with Crippen molar-refractivity contribution < 1.29 is 43.0 Å². The number of hydrogen-bond acceptors (Lipinski definition) is 16. The van der Waals surface area contributed by atoms with Crippen LogP contribution in [0.5, 0.6) is 0 Å². The summed E-state index contributed by atoms with van der Waals surface area (Å²) < 4.78 is 11.1. The number of rotatable bonds is 18. The van der Waals surface area contributed by atoms with E-state index in [0.717, 1.165) is 199 Å². The van der Waals surface area contributed by atoms with E-state index in [2.05, 4.69) is 337 Å². The minimum Gasteiger partial charge on any atom is -0.366 e. The maximum absolute atomic E-state index is 12.1. The van der Waals surface area contributed by atoms with Gasteiger partial charge in [0.25, 0.3) is 0 Å². The lowest BCUT2D eigenvalue weighted by atomic mass is 9.75. The fourth-order valence-electron chi connectivity index (χ4n) is 19.2. The average Bonchev–Trinajstić information content (AvgIpc) is 1.71. The fraction of sp³-hybridized carbons (Fsp3) is 0.941. The molecule has 141 heavy (non-hydrogen) atoms. The minimum atomic E-state index is -0.237. The summed E-state index contributed by atoms with van der Waals surface area (Å²) in [4.78, 5) is 104. The Hall–Kier alpha value is -3.87. The molecule has 832 valence electrons. The van der Waals surface area contributed by atoms with Crippen LogP contribution in [0.2, 0.25) is 0 Å². The molecule has 0 unspecified atom stereocenters. The number of carbonyl (C=O) groups excluding carboxylic acids is 7. The summed E-state index contributed by atoms with van der Waals surface area (Å²) in [6.45, 7) is 125. The van der Waals surface area contributed by atoms with Crippen molar-refractivity contribution in [2.75, 3.05) is 144 Å². The highest BCUT2D eigenvalue weighted by Gasteiger charge is 2.39. The summed E-state index contributed by atoms with van der Waals surface area (Å²) in [6, 6.07) is 1.40. The molecule has 8 aliphatic rings. The van der Waals surface area contributed by atoms with Crippen molar-refractivity contribution in [3.05, 3.63) is 0 Å². The van der Waals surface area contributed by atoms with Crippen LogP contribution in [0.25, 0.3) is 0 Å². The molecule has 22 nitrogen and oxygen atoms in total. The summed E-state index contributed by atoms with van der Waals surface area (Å²) in [5, 5.41) is 13.3. The SMILES string of the molecule is CC(C)(C)CC(=O)CN1CCC(C(C)(C)C)CC1.CC(C)(C)CCC(=O)N1CCN(C(C)(C)C)CC1.CC(C)(C)CCC(=O)N[C@@H]1CCN(C(C)(C)C)C1.CC(C)(C)CCC(=O)N[C@H]1CCN(C(C)(C)C)C1.CC(C)(C)NC1CCN(C(C)(C)C)CC1.CC(C)(C)NCC(=O)N1CCC(C(C)(C)C)CC1.CC(C)(C)OCC(=O)N1CCC(C(C)(C)C)CC1.CC(C)(C)OCC(=O)N1CCC(C(C)(C)C)CC1. The topological polar surface area (TPSA) is 215 Å². The monoisotopic (exact) mass is 1990 g/mol. The van der Waals surface area contributed by atoms with Crippen LogP contribution in [0, 0.1) is 67.0 Å². The van der Waals surface area contributed by atoms with Gasteiger partial charge in [0.2, 0.25) is 35.4 Å². The van der Waals surface area contributed by atoms with Crippen LogP contribution >= 0.6 is 0 Å². The Kier molecular flexibility index (Phi) is 55.0. The lowest BCUT2D eigenvalue weighted by Crippen LogP contribution is -2.54. The van der Waals surface area contributed by atoms with Crippen LogP contribution in [0.4, 0.5) is 0 Å². The van der Waals surface area contributed by atoms with Gasteiger partial charge < -0.3 is 50.3 Å². The Bertz CT molecular complexity index is 3210. The molecule has 2 atom stereocenters. The highest BCUT2D eigenvalue weighted by molar-refractivity contribution is 5.81. The Morgan fingerprint density at radius 2 is 0.539 bits per heavy atom. The lowest BCUT2D eigenvalue weighted by molar-refractivity contribution is -0.143. The normalized spacial score (nSPS) is 20.3. The number of hydrogen-bond donors (Lipinski definition) is 4. The predicted octanol–water partition coefficient (Wildman–Crippen LogP) is 23.6. The van der Waals surface area contributed by atoms with E-state index in [1.165, 1.54) is 38.8 Å². The number of nitrogens with zero attached hydrogens (tertiary/aromatic N) is 9. The van der Waals surface area contributed by atoms with Gasteiger partial charge in [0.05, 0.1) is 24.3 Å². The molecule has 8 fully saturated rings. The van der Waals surface area contributed by atoms with E-state index in [9.17, 15) is 33.6 Å². The van der Waals surface area contributed by atoms with Gasteiger partial charge >= 0.3 is 0 Å². The second-order valence-corrected chi connectivity index (χ2v) is 60.5. The van der Waals surface area contributed by atoms with E-state index in [4.69, 9.17) is 9.47 Å². The van der Waals surface area contributed by atoms with Crippen LogP contribution in [-0.4, -0.2) is 292 Å². The predicted molar refractivity (Wildman–Crippen MR) is 600 cm³/mol. The molecule has 0 saturated carbocycles. The molecule has 22 heteroatoms. The molecule has 0 spiro atoms. The molecule has 6 amide bonds. The molecule has 0 aromatic carbocycles. The molecule has 8 rings (SSSR count). The first-order valence-corrected chi connectivity index (χ1v) is 56.0. The van der Waals surface area contributed by atoms with Gasteiger partial charge in [-0.1, -0.05) is 166 Å². The zero-order chi connectivity index (χ0) is 110. The highest BCUT2D eigenvalue weighted by Crippen LogP contribution is 2.39. The fourth-order valence-corrected chi connectivity index (χ4v) is 19.2. The first-order valence-electron chi connectivity index (χ1n) is 56.0. The molecule has 0 aromatic heterocycles. The van der Waals surface area contributed by atoms with E-state index in [0.29, 0.717) is 95.8 Å². The quantitative estimate of drug-likeness (QED) is 0.100. The van der Waals surface area contributed by atoms with Gasteiger partial charge in [-0.25, -0.2) is 0 Å². The van der Waals surface area contributed by atoms with Crippen molar-refractivity contribution in [3.63, 3.8) is 0 Å². The second kappa shape index (κ2) is 57.4. The van der Waals surface area contributed by atoms with Crippen molar-refractivity contribution in [1.29, 1.82) is 0 Å². The van der Waals surface area contributed by atoms with Gasteiger partial charge in [-0.3, -0.25) is 58.1 Å². The maximum Gasteiger partial charge on any atom is 0.248 e. The van der Waals surface area contributed by atoms with Crippen molar-refractivity contribution >= 4 is 41.2 Å². The third-order valence-electron chi connectivity index (χ3n) is 29.1. The second-order valence-electron chi connectivity index (χ2n) is 60.5. The number of piperidine rings is 5. The van der Waals surface area contributed by atoms with Gasteiger partial charge in [0, 0.05) is 182 Å². The van der Waals surface area contributed by atoms with E-state index < -0.39 is 0 Å². The molecule has 4 N–H and O–H groups in total. The third kappa shape index (κ3) is 63.7. The Balaban J connectivity index is 0.000000806. The van der Waals surface area contributed by atoms with Gasteiger partial charge in [-0.2, -0.15) is 0 Å². The van der Waals surface area contributed by atoms with Crippen LogP contribution < -0.4 is 21.3 Å². The number of nitrogens with one attached hydrogen (secondary N) is 4. The molecule has 0 bridgehead atoms. The molecule has 0 aliphatic carbocycles. The van der Waals surface area contributed by atoms with Gasteiger partial charge in [-0.15, -0.1) is 0 Å². The van der Waals surface area contributed by atoms with Gasteiger partial charge in [0.1, 0.15) is 19.0 Å². The summed E-state index contributed by atoms with van der Waals surface area (Å²) in [5.41, 5.74) is 3.16. The third-order valence-corrected chi connectivity index (χ3v) is 29.1. The molecule has 0 radical (unpaired) electrons. The van der Waals surface area contributed by atoms with Crippen LogP contribution in [-0.2, 0) is 43.0 Å². The highest BCUT2D eigenvalue weighted by atomic mass is 16.5. The molecule has 8 aliphatic heterocycles. The van der Waals surface area contributed by atoms with Crippen molar-refractivity contribution in [1.82, 2.24) is 65.4 Å². The first-order chi connectivity index (χ1) is 63.3. The van der Waals surface area contributed by atoms with Gasteiger partial charge in [0.15, 0.2) is 0 Å². The summed E-state index contributed by atoms with van der Waals surface area (Å²) >= 11 is 0. The van der Waals surface area contributed by atoms with E-state index in [1.807, 2.05) is 61.1 Å². The molecular formula is C119H237N13O9. The Morgan fingerprint density at radius 1 is 0.270 bits per heavy atom. The molecule has 8 saturated heterocycles. The molecule has 0 aromatic rings. The van der Waals surface area contributed by atoms with E-state index >= 15 is 0 Å². The number of carbonyl (C=O) groups is 7. The van der Waals surface area contributed by atoms with Crippen LogP contribution in [0.1, 0.15) is 454 Å². The number of Topliss-reactive ketones (excluding diaryl/α,β-unsaturated/α-hetero) is 1. The lowest BCUT2D eigenvalue weighted by Gasteiger charge is -2.42. The zero-order valence-electron chi connectivity index (χ0n) is 102. The van der Waals surface area contributed by atoms with Crippen LogP contribution in [0.15, 0.2) is 0 Å². The number of likely N-dealkylation sites (tertiary alicyclic amines) is 7. The standard InChI is InChI=1S/C16H31NO.4C15H30N2O.2C15H29NO2.C13H28N2/c1-15(2,3)11-14(18)12-17-9-7-13(8-10-17)16(4,5)6;2*1-14(2,3)9-7-13(18)16-12-8-10-17(11-12)15(4,5)6;1-14(2,3)12-7-9-17(10-8-12)13(18)11-16-15(4,5)6;1-14(2,3)8-7-13(18)16-9-11-17(12-10-16)15(4,5)6;2*1-14(2,3)12-7-9-16(10-8-12)13(17)11-18-15(4,5)6;1-12(2,3)14-11-7-9-15(10-8-11)13(4,5)6/h13H,7-12H2,1-6H3;2*12H,7-11H2,1-6H3,(H,16,18);12,16H,7-11H2,1-6H3;7-12H2,1-6H3;2*12H,7-11H2,1-6H3;11,14H,7-10H2,1-6H3/t;2*12-;;;;;/m.10...../s1. The smallest absolute Gasteiger partial charge is 0.248 e. The van der Waals surface area contributed by atoms with E-state index in [1.54, 1.807) is 0 Å². The summed E-state index contributed by atoms with van der Waals surface area (Å²) in [6.07, 6.45) is 19.5. The first kappa shape index (κ1) is 135. The largest absolute Gasteiger partial charge is 0.366 e. The average molecular weight is 1990 g/mol. The Labute approximate surface area is 872 Å². The number of piperazine rings is 1. The molecule has 8 heterocycles. The summed E-state index contributed by atoms with van der Waals surface area (Å²) in [7, 11) is 0. The number of ketones is 1. The van der Waals surface area contributed by atoms with Crippen molar-refractivity contribution in [2.45, 2.75) is 517 Å². The van der Waals surface area contributed by atoms with Crippen LogP contribution in [0.3, 0.4) is 0 Å². The minimum absolute atomic E-state index is 0.0133. The number of amides is 6.